The highest BCUT2D eigenvalue weighted by atomic mass is 35.5. The van der Waals surface area contributed by atoms with Gasteiger partial charge in [0.05, 0.1) is 19.3 Å². The maximum Gasteiger partial charge on any atom is 0.247 e. The number of carbonyl (C=O) groups excluding carboxylic acids is 1. The number of carbonyl (C=O) groups is 1. The van der Waals surface area contributed by atoms with Crippen LogP contribution in [0.5, 0.6) is 5.75 Å². The summed E-state index contributed by atoms with van der Waals surface area (Å²) in [7, 11) is 1.62. The van der Waals surface area contributed by atoms with Crippen molar-refractivity contribution >= 4 is 46.0 Å². The summed E-state index contributed by atoms with van der Waals surface area (Å²) in [6.45, 7) is 2.05. The SMILES string of the molecule is COc1ccc(-c2ccnc3c2c(C)nn3CC(=O)Nc2nn(Cc3ccc(F)cc3Cl)cc2Cl)cc1. The Morgan fingerprint density at radius 3 is 2.59 bits per heavy atom. The molecular formula is C26H21Cl2FN6O2. The maximum absolute atomic E-state index is 13.3. The average Bonchev–Trinajstić information content (AvgIpc) is 3.39. The van der Waals surface area contributed by atoms with Crippen LogP contribution in [0.4, 0.5) is 10.2 Å². The van der Waals surface area contributed by atoms with E-state index in [1.807, 2.05) is 37.3 Å². The highest BCUT2D eigenvalue weighted by Crippen LogP contribution is 2.31. The number of halogens is 3. The molecule has 0 saturated heterocycles. The summed E-state index contributed by atoms with van der Waals surface area (Å²) in [6.07, 6.45) is 3.25. The molecule has 0 fully saturated rings. The zero-order valence-electron chi connectivity index (χ0n) is 19.9. The standard InChI is InChI=1S/C26H21Cl2FN6O2/c1-15-24-20(16-4-7-19(37-2)8-5-16)9-10-30-26(24)35(32-15)14-23(36)31-25-22(28)13-34(33-25)12-17-3-6-18(29)11-21(17)27/h3-11,13H,12,14H2,1-2H3,(H,31,33,36). The molecular weight excluding hydrogens is 518 g/mol. The van der Waals surface area contributed by atoms with Crippen molar-refractivity contribution in [3.63, 3.8) is 0 Å². The van der Waals surface area contributed by atoms with E-state index in [1.54, 1.807) is 30.3 Å². The van der Waals surface area contributed by atoms with E-state index in [4.69, 9.17) is 27.9 Å². The molecule has 0 aliphatic rings. The molecule has 2 aromatic carbocycles. The van der Waals surface area contributed by atoms with Crippen LogP contribution < -0.4 is 10.1 Å². The molecule has 0 atom stereocenters. The number of fused-ring (bicyclic) bond motifs is 1. The number of hydrogen-bond donors (Lipinski definition) is 1. The number of amides is 1. The number of hydrogen-bond acceptors (Lipinski definition) is 5. The van der Waals surface area contributed by atoms with Gasteiger partial charge in [-0.1, -0.05) is 41.4 Å². The van der Waals surface area contributed by atoms with Crippen molar-refractivity contribution in [2.45, 2.75) is 20.0 Å². The van der Waals surface area contributed by atoms with Gasteiger partial charge in [0.1, 0.15) is 23.1 Å². The summed E-state index contributed by atoms with van der Waals surface area (Å²) in [5.41, 5.74) is 3.94. The monoisotopic (exact) mass is 538 g/mol. The van der Waals surface area contributed by atoms with Crippen molar-refractivity contribution < 1.29 is 13.9 Å². The molecule has 188 valence electrons. The highest BCUT2D eigenvalue weighted by molar-refractivity contribution is 6.33. The predicted molar refractivity (Wildman–Crippen MR) is 141 cm³/mol. The van der Waals surface area contributed by atoms with Gasteiger partial charge in [-0.2, -0.15) is 10.2 Å². The minimum absolute atomic E-state index is 0.0869. The number of anilines is 1. The zero-order valence-corrected chi connectivity index (χ0v) is 21.4. The molecule has 3 heterocycles. The summed E-state index contributed by atoms with van der Waals surface area (Å²) in [5.74, 6) is 0.171. The van der Waals surface area contributed by atoms with Crippen molar-refractivity contribution in [3.05, 3.63) is 88.0 Å². The number of ether oxygens (including phenoxy) is 1. The summed E-state index contributed by atoms with van der Waals surface area (Å²) in [6, 6.07) is 13.8. The normalized spacial score (nSPS) is 11.2. The van der Waals surface area contributed by atoms with Gasteiger partial charge in [-0.25, -0.2) is 14.1 Å². The molecule has 0 aliphatic carbocycles. The van der Waals surface area contributed by atoms with E-state index >= 15 is 0 Å². The van der Waals surface area contributed by atoms with Crippen LogP contribution in [0.1, 0.15) is 11.3 Å². The molecule has 1 N–H and O–H groups in total. The average molecular weight is 539 g/mol. The van der Waals surface area contributed by atoms with Gasteiger partial charge in [-0.15, -0.1) is 0 Å². The first-order chi connectivity index (χ1) is 17.8. The molecule has 0 unspecified atom stereocenters. The quantitative estimate of drug-likeness (QED) is 0.285. The summed E-state index contributed by atoms with van der Waals surface area (Å²) in [5, 5.41) is 13.0. The Balaban J connectivity index is 1.35. The minimum Gasteiger partial charge on any atom is -0.497 e. The number of methoxy groups -OCH3 is 1. The highest BCUT2D eigenvalue weighted by Gasteiger charge is 2.18. The third-order valence-electron chi connectivity index (χ3n) is 5.82. The van der Waals surface area contributed by atoms with Crippen LogP contribution >= 0.6 is 23.2 Å². The van der Waals surface area contributed by atoms with Gasteiger partial charge < -0.3 is 10.1 Å². The molecule has 0 radical (unpaired) electrons. The van der Waals surface area contributed by atoms with Crippen molar-refractivity contribution in [1.29, 1.82) is 0 Å². The molecule has 0 saturated carbocycles. The Morgan fingerprint density at radius 2 is 1.86 bits per heavy atom. The van der Waals surface area contributed by atoms with Crippen LogP contribution in [0.25, 0.3) is 22.2 Å². The maximum atomic E-state index is 13.3. The molecule has 11 heteroatoms. The lowest BCUT2D eigenvalue weighted by Crippen LogP contribution is -2.20. The van der Waals surface area contributed by atoms with Crippen molar-refractivity contribution in [2.75, 3.05) is 12.4 Å². The molecule has 37 heavy (non-hydrogen) atoms. The lowest BCUT2D eigenvalue weighted by Gasteiger charge is -2.07. The van der Waals surface area contributed by atoms with E-state index < -0.39 is 5.82 Å². The summed E-state index contributed by atoms with van der Waals surface area (Å²) < 4.78 is 21.6. The number of pyridine rings is 1. The van der Waals surface area contributed by atoms with E-state index in [2.05, 4.69) is 20.5 Å². The van der Waals surface area contributed by atoms with E-state index in [9.17, 15) is 9.18 Å². The Hall–Kier alpha value is -3.95. The van der Waals surface area contributed by atoms with Crippen LogP contribution in [-0.4, -0.2) is 37.6 Å². The van der Waals surface area contributed by atoms with Crippen LogP contribution in [-0.2, 0) is 17.9 Å². The van der Waals surface area contributed by atoms with Crippen LogP contribution in [0, 0.1) is 12.7 Å². The Bertz CT molecular complexity index is 1610. The summed E-state index contributed by atoms with van der Waals surface area (Å²) in [4.78, 5) is 17.4. The number of rotatable bonds is 7. The van der Waals surface area contributed by atoms with E-state index in [1.165, 1.54) is 16.8 Å². The van der Waals surface area contributed by atoms with Crippen molar-refractivity contribution in [3.8, 4) is 16.9 Å². The lowest BCUT2D eigenvalue weighted by molar-refractivity contribution is -0.116. The lowest BCUT2D eigenvalue weighted by atomic mass is 10.0. The Morgan fingerprint density at radius 1 is 1.08 bits per heavy atom. The number of benzene rings is 2. The molecule has 0 spiro atoms. The van der Waals surface area contributed by atoms with E-state index in [0.29, 0.717) is 11.2 Å². The van der Waals surface area contributed by atoms with Crippen molar-refractivity contribution in [1.82, 2.24) is 24.5 Å². The molecule has 5 aromatic rings. The zero-order chi connectivity index (χ0) is 26.1. The van der Waals surface area contributed by atoms with Gasteiger partial charge >= 0.3 is 0 Å². The minimum atomic E-state index is -0.424. The first-order valence-electron chi connectivity index (χ1n) is 11.3. The summed E-state index contributed by atoms with van der Waals surface area (Å²) >= 11 is 12.4. The van der Waals surface area contributed by atoms with Gasteiger partial charge in [-0.05, 0) is 53.9 Å². The smallest absolute Gasteiger partial charge is 0.247 e. The Labute approximate surface area is 221 Å². The fourth-order valence-corrected chi connectivity index (χ4v) is 4.52. The van der Waals surface area contributed by atoms with Crippen LogP contribution in [0.15, 0.2) is 60.9 Å². The predicted octanol–water partition coefficient (Wildman–Crippen LogP) is 5.74. The van der Waals surface area contributed by atoms with E-state index in [0.717, 1.165) is 28.0 Å². The third-order valence-corrected chi connectivity index (χ3v) is 6.45. The molecule has 0 bridgehead atoms. The fourth-order valence-electron chi connectivity index (χ4n) is 4.10. The number of nitrogens with one attached hydrogen (secondary N) is 1. The number of aromatic nitrogens is 5. The second-order valence-corrected chi connectivity index (χ2v) is 9.15. The first kappa shape index (κ1) is 24.7. The van der Waals surface area contributed by atoms with E-state index in [-0.39, 0.29) is 34.9 Å². The number of aryl methyl sites for hydroxylation is 1. The molecule has 5 rings (SSSR count). The largest absolute Gasteiger partial charge is 0.497 e. The molecule has 0 aliphatic heterocycles. The van der Waals surface area contributed by atoms with Crippen LogP contribution in [0.3, 0.4) is 0 Å². The second-order valence-electron chi connectivity index (χ2n) is 8.34. The van der Waals surface area contributed by atoms with Crippen LogP contribution in [0.2, 0.25) is 10.0 Å². The number of nitrogens with zero attached hydrogens (tertiary/aromatic N) is 5. The molecule has 8 nitrogen and oxygen atoms in total. The van der Waals surface area contributed by atoms with Gasteiger partial charge in [0, 0.05) is 22.8 Å². The third kappa shape index (κ3) is 5.14. The van der Waals surface area contributed by atoms with Gasteiger partial charge in [0.2, 0.25) is 5.91 Å². The molecule has 3 aromatic heterocycles. The Kier molecular flexibility index (Phi) is 6.82. The fraction of sp³-hybridized carbons (Fsp3) is 0.154. The topological polar surface area (TPSA) is 86.9 Å². The van der Waals surface area contributed by atoms with Gasteiger partial charge in [-0.3, -0.25) is 9.48 Å². The molecule has 1 amide bonds. The van der Waals surface area contributed by atoms with Crippen molar-refractivity contribution in [2.24, 2.45) is 0 Å². The first-order valence-corrected chi connectivity index (χ1v) is 12.0. The van der Waals surface area contributed by atoms with Gasteiger partial charge in [0.15, 0.2) is 11.5 Å². The second kappa shape index (κ2) is 10.2. The van der Waals surface area contributed by atoms with Gasteiger partial charge in [0.25, 0.3) is 0 Å².